The van der Waals surface area contributed by atoms with Crippen LogP contribution in [0.25, 0.3) is 0 Å². The summed E-state index contributed by atoms with van der Waals surface area (Å²) in [5.41, 5.74) is -2.44. The number of benzene rings is 1. The second-order valence-electron chi connectivity index (χ2n) is 13.5. The molecule has 1 aliphatic heterocycles. The smallest absolute Gasteiger partial charge is 0.320 e. The molecule has 4 nitrogen and oxygen atoms in total. The van der Waals surface area contributed by atoms with Gasteiger partial charge in [0.1, 0.15) is 5.41 Å². The summed E-state index contributed by atoms with van der Waals surface area (Å²) in [7, 11) is 0. The van der Waals surface area contributed by atoms with E-state index in [0.29, 0.717) is 6.42 Å². The van der Waals surface area contributed by atoms with E-state index < -0.39 is 33.4 Å². The van der Waals surface area contributed by atoms with Gasteiger partial charge in [-0.05, 0) is 34.7 Å². The fraction of sp³-hybridized carbons (Fsp3) is 0.750. The van der Waals surface area contributed by atoms with Crippen LogP contribution in [0.5, 0.6) is 0 Å². The van der Waals surface area contributed by atoms with Crippen molar-refractivity contribution in [2.75, 3.05) is 0 Å². The van der Waals surface area contributed by atoms with E-state index in [2.05, 4.69) is 81.4 Å². The molecular formula is C32H50O4. The van der Waals surface area contributed by atoms with Gasteiger partial charge in [0.05, 0.1) is 5.41 Å². The average molecular weight is 499 g/mol. The zero-order valence-electron chi connectivity index (χ0n) is 24.8. The standard InChI is InChI=1S/C32H50O4/c1-12-14-21-30(24-19-17-16-18-20-24)25(34)36-32(35-23(3)33)29(10,11)27(6,7)26(4,5)28(8,9)31(30,32)22-15-13-2/h16-20H,12-15,21-22H2,1-11H3. The Morgan fingerprint density at radius 2 is 1.28 bits per heavy atom. The van der Waals surface area contributed by atoms with E-state index in [1.807, 2.05) is 18.2 Å². The first-order chi connectivity index (χ1) is 16.5. The van der Waals surface area contributed by atoms with Crippen LogP contribution in [0.3, 0.4) is 0 Å². The summed E-state index contributed by atoms with van der Waals surface area (Å²) < 4.78 is 13.3. The molecular weight excluding hydrogens is 448 g/mol. The van der Waals surface area contributed by atoms with E-state index in [9.17, 15) is 9.59 Å². The first kappa shape index (κ1) is 28.7. The number of rotatable bonds is 8. The molecule has 0 amide bonds. The molecule has 1 saturated carbocycles. The number of fused-ring (bicyclic) bond motifs is 1. The minimum atomic E-state index is -1.41. The Balaban J connectivity index is 2.64. The molecule has 0 bridgehead atoms. The molecule has 1 saturated heterocycles. The number of ether oxygens (including phenoxy) is 2. The molecule has 3 unspecified atom stereocenters. The molecule has 0 radical (unpaired) electrons. The van der Waals surface area contributed by atoms with E-state index in [4.69, 9.17) is 9.47 Å². The minimum Gasteiger partial charge on any atom is -0.421 e. The van der Waals surface area contributed by atoms with Crippen LogP contribution >= 0.6 is 0 Å². The first-order valence-corrected chi connectivity index (χ1v) is 14.0. The maximum atomic E-state index is 14.7. The summed E-state index contributed by atoms with van der Waals surface area (Å²) in [6.45, 7) is 23.9. The summed E-state index contributed by atoms with van der Waals surface area (Å²) in [5.74, 6) is -2.05. The van der Waals surface area contributed by atoms with Gasteiger partial charge < -0.3 is 9.47 Å². The summed E-state index contributed by atoms with van der Waals surface area (Å²) in [6, 6.07) is 10.2. The van der Waals surface area contributed by atoms with E-state index in [0.717, 1.165) is 37.7 Å². The monoisotopic (exact) mass is 498 g/mol. The summed E-state index contributed by atoms with van der Waals surface area (Å²) in [6.07, 6.45) is 5.13. The molecule has 1 heterocycles. The van der Waals surface area contributed by atoms with Crippen LogP contribution in [0, 0.1) is 27.1 Å². The van der Waals surface area contributed by atoms with Gasteiger partial charge in [-0.3, -0.25) is 9.59 Å². The number of unbranched alkanes of at least 4 members (excludes halogenated alkanes) is 2. The van der Waals surface area contributed by atoms with Gasteiger partial charge in [-0.25, -0.2) is 0 Å². The van der Waals surface area contributed by atoms with Crippen molar-refractivity contribution in [3.8, 4) is 0 Å². The molecule has 1 aromatic carbocycles. The van der Waals surface area contributed by atoms with Crippen molar-refractivity contribution >= 4 is 11.9 Å². The van der Waals surface area contributed by atoms with Gasteiger partial charge in [-0.1, -0.05) is 125 Å². The molecule has 4 heteroatoms. The van der Waals surface area contributed by atoms with Crippen LogP contribution in [0.15, 0.2) is 30.3 Å². The molecule has 0 aromatic heterocycles. The Hall–Kier alpha value is -1.84. The maximum absolute atomic E-state index is 14.7. The highest BCUT2D eigenvalue weighted by Gasteiger charge is 2.90. The third kappa shape index (κ3) is 3.05. The summed E-state index contributed by atoms with van der Waals surface area (Å²) in [5, 5.41) is 0. The molecule has 0 spiro atoms. The Labute approximate surface area is 219 Å². The molecule has 1 aliphatic carbocycles. The quantitative estimate of drug-likeness (QED) is 0.339. The van der Waals surface area contributed by atoms with Crippen LogP contribution in [-0.4, -0.2) is 17.7 Å². The molecule has 1 aromatic rings. The second-order valence-corrected chi connectivity index (χ2v) is 13.5. The highest BCUT2D eigenvalue weighted by atomic mass is 16.7. The van der Waals surface area contributed by atoms with Crippen LogP contribution in [-0.2, 0) is 24.5 Å². The van der Waals surface area contributed by atoms with Gasteiger partial charge in [0, 0.05) is 12.3 Å². The van der Waals surface area contributed by atoms with Crippen molar-refractivity contribution in [1.29, 1.82) is 0 Å². The predicted molar refractivity (Wildman–Crippen MR) is 145 cm³/mol. The topological polar surface area (TPSA) is 52.6 Å². The summed E-state index contributed by atoms with van der Waals surface area (Å²) >= 11 is 0. The van der Waals surface area contributed by atoms with Crippen molar-refractivity contribution < 1.29 is 19.1 Å². The molecule has 0 N–H and O–H groups in total. The normalized spacial score (nSPS) is 33.5. The molecule has 36 heavy (non-hydrogen) atoms. The Morgan fingerprint density at radius 1 is 0.778 bits per heavy atom. The van der Waals surface area contributed by atoms with Crippen LogP contribution in [0.1, 0.15) is 120 Å². The average Bonchev–Trinajstić information content (AvgIpc) is 3.01. The van der Waals surface area contributed by atoms with Gasteiger partial charge in [0.25, 0.3) is 5.79 Å². The molecule has 202 valence electrons. The number of esters is 2. The largest absolute Gasteiger partial charge is 0.421 e. The number of carbonyl (C=O) groups excluding carboxylic acids is 2. The molecule has 3 rings (SSSR count). The molecule has 2 fully saturated rings. The van der Waals surface area contributed by atoms with E-state index in [-0.39, 0.29) is 16.8 Å². The zero-order chi connectivity index (χ0) is 27.4. The van der Waals surface area contributed by atoms with Crippen molar-refractivity contribution in [3.63, 3.8) is 0 Å². The van der Waals surface area contributed by atoms with E-state index >= 15 is 0 Å². The van der Waals surface area contributed by atoms with E-state index in [1.165, 1.54) is 6.92 Å². The predicted octanol–water partition coefficient (Wildman–Crippen LogP) is 8.23. The number of hydrogen-bond acceptors (Lipinski definition) is 4. The van der Waals surface area contributed by atoms with E-state index in [1.54, 1.807) is 0 Å². The maximum Gasteiger partial charge on any atom is 0.320 e. The summed E-state index contributed by atoms with van der Waals surface area (Å²) in [4.78, 5) is 27.7. The lowest BCUT2D eigenvalue weighted by atomic mass is 9.28. The lowest BCUT2D eigenvalue weighted by Gasteiger charge is -2.76. The fourth-order valence-electron chi connectivity index (χ4n) is 8.43. The molecule has 2 aliphatic rings. The highest BCUT2D eigenvalue weighted by Crippen LogP contribution is 2.84. The molecule has 3 atom stereocenters. The van der Waals surface area contributed by atoms with Gasteiger partial charge >= 0.3 is 11.9 Å². The lowest BCUT2D eigenvalue weighted by molar-refractivity contribution is -0.399. The second kappa shape index (κ2) is 8.88. The Morgan fingerprint density at radius 3 is 1.78 bits per heavy atom. The number of carbonyl (C=O) groups is 2. The highest BCUT2D eigenvalue weighted by molar-refractivity contribution is 5.89. The Kier molecular flexibility index (Phi) is 7.08. The van der Waals surface area contributed by atoms with Crippen molar-refractivity contribution in [2.45, 2.75) is 126 Å². The fourth-order valence-corrected chi connectivity index (χ4v) is 8.43. The third-order valence-electron chi connectivity index (χ3n) is 11.8. The minimum absolute atomic E-state index is 0.235. The first-order valence-electron chi connectivity index (χ1n) is 14.0. The van der Waals surface area contributed by atoms with Crippen molar-refractivity contribution in [2.24, 2.45) is 27.1 Å². The van der Waals surface area contributed by atoms with Gasteiger partial charge in [-0.2, -0.15) is 0 Å². The van der Waals surface area contributed by atoms with Gasteiger partial charge in [0.15, 0.2) is 0 Å². The SMILES string of the molecule is CCCCC1(c2ccccc2)C(=O)OC2(OC(C)=O)C(C)(C)C(C)(C)C(C)(C)C(C)(C)C12CCCC. The van der Waals surface area contributed by atoms with Gasteiger partial charge in [0.2, 0.25) is 0 Å². The van der Waals surface area contributed by atoms with Crippen LogP contribution in [0.2, 0.25) is 0 Å². The lowest BCUT2D eigenvalue weighted by Crippen LogP contribution is -2.80. The van der Waals surface area contributed by atoms with Crippen molar-refractivity contribution in [3.05, 3.63) is 35.9 Å². The zero-order valence-corrected chi connectivity index (χ0v) is 24.8. The van der Waals surface area contributed by atoms with Gasteiger partial charge in [-0.15, -0.1) is 0 Å². The third-order valence-corrected chi connectivity index (χ3v) is 11.8. The van der Waals surface area contributed by atoms with Crippen LogP contribution in [0.4, 0.5) is 0 Å². The Bertz CT molecular complexity index is 989. The van der Waals surface area contributed by atoms with Crippen molar-refractivity contribution in [1.82, 2.24) is 0 Å². The van der Waals surface area contributed by atoms with Crippen LogP contribution < -0.4 is 0 Å². The number of hydrogen-bond donors (Lipinski definition) is 0.